The standard InChI is InChI=1S/C12H15O2.C5H11N2S2.CH3.ClH.Ru/c1-8(2)14-12-6-5-11(10(4)13)7-9(12)3;1-8-6-3-4-7(5-6)9-2;;;/h5-8H,3H2,1-2,4H3;5H,3-4H2,1-2H3;1H3;1H;/q3*-1;;+4/p-1. The Bertz CT molecular complexity index is 512. The monoisotopic (exact) mass is 506 g/mol. The molecular formula is C18H29ClN2O2RuS2. The average Bonchev–Trinajstić information content (AvgIpc) is 3.07. The van der Waals surface area contributed by atoms with Gasteiger partial charge in [0, 0.05) is 5.75 Å². The zero-order chi connectivity index (χ0) is 19.4. The summed E-state index contributed by atoms with van der Waals surface area (Å²) in [5.41, 5.74) is 1.43. The molecule has 0 saturated carbocycles. The number of carbonyl (C=O) groups is 1. The van der Waals surface area contributed by atoms with Gasteiger partial charge in [0.1, 0.15) is 5.78 Å². The summed E-state index contributed by atoms with van der Waals surface area (Å²) in [6.07, 6.45) is 4.32. The van der Waals surface area contributed by atoms with Crippen molar-refractivity contribution >= 4 is 39.4 Å². The summed E-state index contributed by atoms with van der Waals surface area (Å²) in [5.74, 6) is 0.788. The van der Waals surface area contributed by atoms with Gasteiger partial charge in [-0.3, -0.25) is 4.79 Å². The molecule has 0 atom stereocenters. The number of hydrogen-bond acceptors (Lipinski definition) is 6. The molecule has 0 spiro atoms. The van der Waals surface area contributed by atoms with Crippen molar-refractivity contribution in [2.45, 2.75) is 26.9 Å². The van der Waals surface area contributed by atoms with Crippen molar-refractivity contribution in [1.82, 2.24) is 8.61 Å². The molecule has 0 bridgehead atoms. The fourth-order valence-corrected chi connectivity index (χ4v) is 2.90. The first-order valence-corrected chi connectivity index (χ1v) is 12.2. The molecule has 26 heavy (non-hydrogen) atoms. The SMILES string of the molecule is CSN1[CH-]N(SC)CC1.[CH2-]c1cc(C(C)=O)ccc1OC(C)C.[CH3-].[Cl][Ru+3]. The van der Waals surface area contributed by atoms with Gasteiger partial charge >= 0.3 is 27.0 Å². The second kappa shape index (κ2) is 16.1. The number of Topliss-reactive ketones (excluding diaryl/α,β-unsaturated/α-hetero) is 1. The van der Waals surface area contributed by atoms with E-state index in [0.717, 1.165) is 24.4 Å². The van der Waals surface area contributed by atoms with E-state index in [1.54, 1.807) is 42.1 Å². The normalized spacial score (nSPS) is 13.8. The van der Waals surface area contributed by atoms with E-state index in [4.69, 9.17) is 4.74 Å². The molecule has 0 amide bonds. The summed E-state index contributed by atoms with van der Waals surface area (Å²) in [6, 6.07) is 5.30. The summed E-state index contributed by atoms with van der Waals surface area (Å²) < 4.78 is 9.97. The van der Waals surface area contributed by atoms with Crippen LogP contribution in [0.4, 0.5) is 0 Å². The molecule has 1 heterocycles. The van der Waals surface area contributed by atoms with Crippen molar-refractivity contribution in [2.24, 2.45) is 0 Å². The van der Waals surface area contributed by atoms with Crippen molar-refractivity contribution < 1.29 is 26.8 Å². The minimum atomic E-state index is 0. The summed E-state index contributed by atoms with van der Waals surface area (Å²) in [7, 11) is 4.57. The van der Waals surface area contributed by atoms with Crippen LogP contribution < -0.4 is 4.74 Å². The first-order chi connectivity index (χ1) is 11.9. The molecule has 1 saturated heterocycles. The van der Waals surface area contributed by atoms with Crippen LogP contribution in [-0.4, -0.2) is 46.1 Å². The molecule has 1 fully saturated rings. The quantitative estimate of drug-likeness (QED) is 0.234. The third-order valence-corrected chi connectivity index (χ3v) is 4.59. The predicted molar refractivity (Wildman–Crippen MR) is 114 cm³/mol. The molecule has 4 nitrogen and oxygen atoms in total. The van der Waals surface area contributed by atoms with Crippen LogP contribution in [0.1, 0.15) is 36.7 Å². The molecule has 8 heteroatoms. The van der Waals surface area contributed by atoms with Crippen molar-refractivity contribution in [2.75, 3.05) is 25.6 Å². The van der Waals surface area contributed by atoms with Crippen LogP contribution in [0.25, 0.3) is 0 Å². The second-order valence-electron chi connectivity index (χ2n) is 5.31. The van der Waals surface area contributed by atoms with Crippen LogP contribution >= 0.6 is 33.6 Å². The van der Waals surface area contributed by atoms with Gasteiger partial charge in [-0.15, -0.1) is 30.0 Å². The van der Waals surface area contributed by atoms with Crippen molar-refractivity contribution in [3.63, 3.8) is 0 Å². The molecular weight excluding hydrogens is 477 g/mol. The van der Waals surface area contributed by atoms with E-state index in [2.05, 4.69) is 44.4 Å². The number of carbonyl (C=O) groups excluding carboxylic acids is 1. The molecule has 0 aromatic heterocycles. The Kier molecular flexibility index (Phi) is 17.5. The van der Waals surface area contributed by atoms with Crippen molar-refractivity contribution in [3.05, 3.63) is 50.3 Å². The zero-order valence-electron chi connectivity index (χ0n) is 16.3. The number of benzene rings is 1. The Morgan fingerprint density at radius 1 is 1.27 bits per heavy atom. The minimum absolute atomic E-state index is 0. The van der Waals surface area contributed by atoms with Crippen molar-refractivity contribution in [1.29, 1.82) is 0 Å². The van der Waals surface area contributed by atoms with Crippen LogP contribution in [-0.2, 0) is 17.3 Å². The maximum atomic E-state index is 11.1. The van der Waals surface area contributed by atoms with Crippen LogP contribution in [0.3, 0.4) is 0 Å². The van der Waals surface area contributed by atoms with Crippen LogP contribution in [0.5, 0.6) is 5.75 Å². The Morgan fingerprint density at radius 3 is 2.08 bits per heavy atom. The van der Waals surface area contributed by atoms with E-state index in [-0.39, 0.29) is 19.3 Å². The Balaban J connectivity index is 0. The number of hydrogen-bond donors (Lipinski definition) is 0. The Hall–Kier alpha value is 0.0934. The number of ether oxygens (including phenoxy) is 1. The number of nitrogens with zero attached hydrogens (tertiary/aromatic N) is 2. The van der Waals surface area contributed by atoms with Gasteiger partial charge in [0.25, 0.3) is 0 Å². The predicted octanol–water partition coefficient (Wildman–Crippen LogP) is 5.28. The number of halogens is 1. The molecule has 0 N–H and O–H groups in total. The average molecular weight is 506 g/mol. The van der Waals surface area contributed by atoms with Gasteiger partial charge < -0.3 is 20.8 Å². The third-order valence-electron chi connectivity index (χ3n) is 3.10. The van der Waals surface area contributed by atoms with Gasteiger partial charge in [0.2, 0.25) is 0 Å². The third kappa shape index (κ3) is 11.1. The van der Waals surface area contributed by atoms with Gasteiger partial charge in [0.05, 0.1) is 6.10 Å². The molecule has 2 rings (SSSR count). The summed E-state index contributed by atoms with van der Waals surface area (Å²) in [6.45, 7) is 13.7. The van der Waals surface area contributed by atoms with Crippen LogP contribution in [0.2, 0.25) is 0 Å². The molecule has 1 aromatic carbocycles. The molecule has 1 aromatic rings. The van der Waals surface area contributed by atoms with Gasteiger partial charge in [0.15, 0.2) is 0 Å². The summed E-state index contributed by atoms with van der Waals surface area (Å²) >= 11 is 5.37. The van der Waals surface area contributed by atoms with Gasteiger partial charge in [-0.1, -0.05) is 12.1 Å². The first-order valence-electron chi connectivity index (χ1n) is 7.60. The molecule has 0 unspecified atom stereocenters. The molecule has 1 aliphatic rings. The zero-order valence-corrected chi connectivity index (χ0v) is 20.4. The van der Waals surface area contributed by atoms with E-state index in [1.807, 2.05) is 31.2 Å². The van der Waals surface area contributed by atoms with E-state index >= 15 is 0 Å². The van der Waals surface area contributed by atoms with E-state index < -0.39 is 0 Å². The summed E-state index contributed by atoms with van der Waals surface area (Å²) in [5, 5.41) is 0. The first kappa shape index (κ1) is 28.3. The Labute approximate surface area is 182 Å². The number of ketones is 1. The van der Waals surface area contributed by atoms with Crippen LogP contribution in [0, 0.1) is 21.0 Å². The Morgan fingerprint density at radius 2 is 1.77 bits per heavy atom. The topological polar surface area (TPSA) is 32.8 Å². The van der Waals surface area contributed by atoms with Crippen LogP contribution in [0.15, 0.2) is 18.2 Å². The number of rotatable bonds is 5. The molecule has 0 radical (unpaired) electrons. The molecule has 0 aliphatic carbocycles. The fraction of sp³-hybridized carbons (Fsp3) is 0.444. The van der Waals surface area contributed by atoms with E-state index in [1.165, 1.54) is 6.92 Å². The summed E-state index contributed by atoms with van der Waals surface area (Å²) in [4.78, 5) is 11.1. The van der Waals surface area contributed by atoms with Gasteiger partial charge in [-0.25, -0.2) is 0 Å². The maximum absolute atomic E-state index is 11.1. The molecule has 1 aliphatic heterocycles. The van der Waals surface area contributed by atoms with Gasteiger partial charge in [-0.05, 0) is 51.9 Å². The van der Waals surface area contributed by atoms with E-state index in [9.17, 15) is 4.79 Å². The molecule has 150 valence electrons. The second-order valence-corrected chi connectivity index (χ2v) is 6.98. The van der Waals surface area contributed by atoms with Gasteiger partial charge in [-0.2, -0.15) is 19.2 Å². The fourth-order valence-electron chi connectivity index (χ4n) is 1.90. The van der Waals surface area contributed by atoms with Crippen molar-refractivity contribution in [3.8, 4) is 5.75 Å². The van der Waals surface area contributed by atoms with E-state index in [0.29, 0.717) is 5.56 Å².